The van der Waals surface area contributed by atoms with Gasteiger partial charge in [0, 0.05) is 31.9 Å². The van der Waals surface area contributed by atoms with Crippen LogP contribution < -0.4 is 9.47 Å². The SMILES string of the molecule is CC(=O)O.COC(=O)c1cc2c([N+](=O)[O-])c(OC)ccc2n1C.COC(=O)c1cc2cc(OC)ccc2n1C. The van der Waals surface area contributed by atoms with Gasteiger partial charge in [-0.1, -0.05) is 0 Å². The van der Waals surface area contributed by atoms with Crippen molar-refractivity contribution in [2.75, 3.05) is 28.4 Å². The first kappa shape index (κ1) is 30.2. The zero-order valence-electron chi connectivity index (χ0n) is 22.5. The quantitative estimate of drug-likeness (QED) is 0.222. The molecule has 2 heterocycles. The molecule has 13 nitrogen and oxygen atoms in total. The van der Waals surface area contributed by atoms with E-state index >= 15 is 0 Å². The summed E-state index contributed by atoms with van der Waals surface area (Å²) in [4.78, 5) is 42.7. The van der Waals surface area contributed by atoms with Crippen molar-refractivity contribution in [3.05, 3.63) is 64.0 Å². The van der Waals surface area contributed by atoms with Crippen molar-refractivity contribution < 1.29 is 43.4 Å². The number of nitro groups is 1. The number of hydrogen-bond donors (Lipinski definition) is 1. The van der Waals surface area contributed by atoms with E-state index in [2.05, 4.69) is 4.74 Å². The Balaban J connectivity index is 0.000000243. The monoisotopic (exact) mass is 543 g/mol. The van der Waals surface area contributed by atoms with Crippen LogP contribution in [0.2, 0.25) is 0 Å². The van der Waals surface area contributed by atoms with Gasteiger partial charge < -0.3 is 33.2 Å². The third-order valence-electron chi connectivity index (χ3n) is 5.60. The highest BCUT2D eigenvalue weighted by Crippen LogP contribution is 2.36. The van der Waals surface area contributed by atoms with E-state index in [9.17, 15) is 19.7 Å². The number of esters is 2. The second kappa shape index (κ2) is 12.9. The maximum atomic E-state index is 11.6. The number of aryl methyl sites for hydroxylation is 2. The molecule has 0 bridgehead atoms. The third-order valence-corrected chi connectivity index (χ3v) is 5.60. The van der Waals surface area contributed by atoms with Crippen molar-refractivity contribution in [1.29, 1.82) is 0 Å². The van der Waals surface area contributed by atoms with Crippen LogP contribution in [0.15, 0.2) is 42.5 Å². The topological polar surface area (TPSA) is 161 Å². The van der Waals surface area contributed by atoms with E-state index in [0.717, 1.165) is 23.6 Å². The molecule has 4 aromatic rings. The zero-order valence-corrected chi connectivity index (χ0v) is 22.5. The number of hydrogen-bond acceptors (Lipinski definition) is 9. The van der Waals surface area contributed by atoms with Crippen molar-refractivity contribution in [2.24, 2.45) is 14.1 Å². The van der Waals surface area contributed by atoms with E-state index in [1.807, 2.05) is 25.2 Å². The number of methoxy groups -OCH3 is 4. The molecular weight excluding hydrogens is 514 g/mol. The van der Waals surface area contributed by atoms with E-state index in [1.165, 1.54) is 33.5 Å². The van der Waals surface area contributed by atoms with Crippen molar-refractivity contribution in [3.8, 4) is 11.5 Å². The van der Waals surface area contributed by atoms with Crippen LogP contribution in [0.25, 0.3) is 21.8 Å². The summed E-state index contributed by atoms with van der Waals surface area (Å²) < 4.78 is 22.8. The lowest BCUT2D eigenvalue weighted by molar-refractivity contribution is -0.383. The first-order valence-electron chi connectivity index (χ1n) is 11.2. The molecule has 4 rings (SSSR count). The van der Waals surface area contributed by atoms with Gasteiger partial charge in [-0.3, -0.25) is 14.9 Å². The molecule has 0 fully saturated rings. The Morgan fingerprint density at radius 3 is 1.82 bits per heavy atom. The van der Waals surface area contributed by atoms with Crippen LogP contribution in [0.3, 0.4) is 0 Å². The molecule has 13 heteroatoms. The average molecular weight is 544 g/mol. The number of nitrogens with zero attached hydrogens (tertiary/aromatic N) is 3. The minimum Gasteiger partial charge on any atom is -0.497 e. The Labute approximate surface area is 223 Å². The summed E-state index contributed by atoms with van der Waals surface area (Å²) in [6, 6.07) is 12.1. The van der Waals surface area contributed by atoms with Crippen LogP contribution in [-0.4, -0.2) is 65.5 Å². The van der Waals surface area contributed by atoms with E-state index in [0.29, 0.717) is 16.6 Å². The van der Waals surface area contributed by atoms with Crippen LogP contribution in [-0.2, 0) is 28.4 Å². The number of aromatic nitrogens is 2. The van der Waals surface area contributed by atoms with Crippen molar-refractivity contribution >= 4 is 45.4 Å². The number of rotatable bonds is 5. The average Bonchev–Trinajstić information content (AvgIpc) is 3.43. The zero-order chi connectivity index (χ0) is 29.4. The minimum absolute atomic E-state index is 0.152. The van der Waals surface area contributed by atoms with Crippen molar-refractivity contribution in [2.45, 2.75) is 6.92 Å². The van der Waals surface area contributed by atoms with Crippen LogP contribution in [0.4, 0.5) is 5.69 Å². The fourth-order valence-corrected chi connectivity index (χ4v) is 3.78. The summed E-state index contributed by atoms with van der Waals surface area (Å²) in [5, 5.41) is 19.9. The molecule has 2 aromatic carbocycles. The molecule has 0 radical (unpaired) electrons. The molecule has 0 atom stereocenters. The summed E-state index contributed by atoms with van der Waals surface area (Å²) >= 11 is 0. The van der Waals surface area contributed by atoms with Gasteiger partial charge in [-0.15, -0.1) is 0 Å². The highest BCUT2D eigenvalue weighted by Gasteiger charge is 2.24. The lowest BCUT2D eigenvalue weighted by Crippen LogP contribution is -2.06. The van der Waals surface area contributed by atoms with Gasteiger partial charge >= 0.3 is 17.6 Å². The Hall–Kier alpha value is -5.07. The molecule has 0 aliphatic heterocycles. The molecule has 0 saturated carbocycles. The van der Waals surface area contributed by atoms with Crippen LogP contribution in [0, 0.1) is 10.1 Å². The summed E-state index contributed by atoms with van der Waals surface area (Å²) in [6.45, 7) is 1.08. The maximum absolute atomic E-state index is 11.6. The van der Waals surface area contributed by atoms with Gasteiger partial charge in [-0.25, -0.2) is 9.59 Å². The first-order chi connectivity index (χ1) is 18.4. The first-order valence-corrected chi connectivity index (χ1v) is 11.2. The number of carboxylic acid groups (broad SMARTS) is 1. The van der Waals surface area contributed by atoms with E-state index in [1.54, 1.807) is 35.4 Å². The number of nitro benzene ring substituents is 1. The number of aliphatic carboxylic acids is 1. The molecule has 2 aromatic heterocycles. The summed E-state index contributed by atoms with van der Waals surface area (Å²) in [5.41, 5.74) is 2.15. The van der Waals surface area contributed by atoms with Gasteiger partial charge in [0.15, 0.2) is 5.75 Å². The lowest BCUT2D eigenvalue weighted by atomic mass is 10.2. The fraction of sp³-hybridized carbons (Fsp3) is 0.269. The summed E-state index contributed by atoms with van der Waals surface area (Å²) in [7, 11) is 9.09. The highest BCUT2D eigenvalue weighted by molar-refractivity contribution is 6.00. The molecule has 0 saturated heterocycles. The second-order valence-corrected chi connectivity index (χ2v) is 7.91. The van der Waals surface area contributed by atoms with Crippen molar-refractivity contribution in [3.63, 3.8) is 0 Å². The normalized spacial score (nSPS) is 10.0. The van der Waals surface area contributed by atoms with E-state index in [4.69, 9.17) is 24.1 Å². The van der Waals surface area contributed by atoms with Gasteiger partial charge in [0.1, 0.15) is 17.1 Å². The van der Waals surface area contributed by atoms with Crippen LogP contribution >= 0.6 is 0 Å². The number of benzene rings is 2. The van der Waals surface area contributed by atoms with Gasteiger partial charge in [0.2, 0.25) is 0 Å². The minimum atomic E-state index is -0.833. The number of carbonyl (C=O) groups is 3. The van der Waals surface area contributed by atoms with Gasteiger partial charge in [-0.2, -0.15) is 0 Å². The molecule has 208 valence electrons. The smallest absolute Gasteiger partial charge is 0.354 e. The molecule has 39 heavy (non-hydrogen) atoms. The number of carbonyl (C=O) groups excluding carboxylic acids is 2. The molecule has 0 aliphatic carbocycles. The van der Waals surface area contributed by atoms with E-state index in [-0.39, 0.29) is 23.1 Å². The maximum Gasteiger partial charge on any atom is 0.354 e. The van der Waals surface area contributed by atoms with Gasteiger partial charge in [-0.05, 0) is 42.5 Å². The largest absolute Gasteiger partial charge is 0.497 e. The van der Waals surface area contributed by atoms with Crippen LogP contribution in [0.5, 0.6) is 11.5 Å². The molecule has 0 unspecified atom stereocenters. The summed E-state index contributed by atoms with van der Waals surface area (Å²) in [5.74, 6) is -0.793. The van der Waals surface area contributed by atoms with E-state index < -0.39 is 16.9 Å². The predicted octanol–water partition coefficient (Wildman–Crippen LogP) is 3.95. The third kappa shape index (κ3) is 6.63. The van der Waals surface area contributed by atoms with Gasteiger partial charge in [0.25, 0.3) is 5.97 Å². The second-order valence-electron chi connectivity index (χ2n) is 7.91. The van der Waals surface area contributed by atoms with Crippen LogP contribution in [0.1, 0.15) is 27.9 Å². The molecule has 0 spiro atoms. The number of fused-ring (bicyclic) bond motifs is 2. The predicted molar refractivity (Wildman–Crippen MR) is 142 cm³/mol. The Kier molecular flexibility index (Phi) is 10.0. The fourth-order valence-electron chi connectivity index (χ4n) is 3.78. The number of ether oxygens (including phenoxy) is 4. The van der Waals surface area contributed by atoms with Crippen molar-refractivity contribution in [1.82, 2.24) is 9.13 Å². The standard InChI is InChI=1S/C12H12N2O5.C12H13NO3.C2H4O2/c1-13-8-4-5-10(18-2)11(14(16)17)7(8)6-9(13)12(15)19-3;1-13-10-5-4-9(15-2)6-8(10)7-11(13)12(14)16-3;1-2(3)4/h4-6H,1-3H3;4-7H,1-3H3;1H3,(H,3,4). The Bertz CT molecular complexity index is 1530. The van der Waals surface area contributed by atoms with Gasteiger partial charge in [0.05, 0.1) is 44.3 Å². The Morgan fingerprint density at radius 1 is 0.821 bits per heavy atom. The lowest BCUT2D eigenvalue weighted by Gasteiger charge is -2.03. The molecular formula is C26H29N3O10. The number of carboxylic acids is 1. The molecule has 1 N–H and O–H groups in total. The Morgan fingerprint density at radius 2 is 1.33 bits per heavy atom. The molecule has 0 aliphatic rings. The highest BCUT2D eigenvalue weighted by atomic mass is 16.6. The molecule has 0 amide bonds. The summed E-state index contributed by atoms with van der Waals surface area (Å²) in [6.07, 6.45) is 0.